The van der Waals surface area contributed by atoms with Crippen molar-refractivity contribution in [2.75, 3.05) is 13.2 Å². The molecule has 0 unspecified atom stereocenters. The van der Waals surface area contributed by atoms with E-state index in [9.17, 15) is 0 Å². The van der Waals surface area contributed by atoms with E-state index in [0.717, 1.165) is 31.6 Å². The molecule has 2 heterocycles. The number of hydrogen-bond acceptors (Lipinski definition) is 6. The Morgan fingerprint density at radius 1 is 0.960 bits per heavy atom. The van der Waals surface area contributed by atoms with Crippen molar-refractivity contribution in [3.8, 4) is 23.0 Å². The fourth-order valence-electron chi connectivity index (χ4n) is 2.37. The monoisotopic (exact) mass is 482 g/mol. The van der Waals surface area contributed by atoms with Gasteiger partial charge in [-0.3, -0.25) is 0 Å². The first-order chi connectivity index (χ1) is 12.2. The minimum Gasteiger partial charge on any atom is -0.486 e. The Bertz CT molecular complexity index is 917. The van der Waals surface area contributed by atoms with Gasteiger partial charge in [0, 0.05) is 14.7 Å². The number of benzene rings is 2. The van der Waals surface area contributed by atoms with Crippen LogP contribution in [-0.4, -0.2) is 23.4 Å². The summed E-state index contributed by atoms with van der Waals surface area (Å²) in [6.45, 7) is 1.15. The van der Waals surface area contributed by atoms with Gasteiger partial charge in [-0.25, -0.2) is 0 Å². The van der Waals surface area contributed by atoms with Gasteiger partial charge in [0.15, 0.2) is 11.5 Å². The maximum atomic E-state index is 5.76. The third kappa shape index (κ3) is 3.70. The summed E-state index contributed by atoms with van der Waals surface area (Å²) in [5.41, 5.74) is 1.96. The molecule has 0 bridgehead atoms. The van der Waals surface area contributed by atoms with Crippen molar-refractivity contribution in [3.63, 3.8) is 0 Å². The van der Waals surface area contributed by atoms with Crippen LogP contribution in [0, 0.1) is 0 Å². The van der Waals surface area contributed by atoms with E-state index in [1.165, 1.54) is 11.8 Å². The van der Waals surface area contributed by atoms with Crippen LogP contribution in [0.25, 0.3) is 11.5 Å². The molecule has 0 amide bonds. The van der Waals surface area contributed by atoms with Crippen LogP contribution >= 0.6 is 43.6 Å². The van der Waals surface area contributed by atoms with Crippen LogP contribution in [0.3, 0.4) is 0 Å². The largest absolute Gasteiger partial charge is 0.486 e. The zero-order valence-electron chi connectivity index (χ0n) is 12.9. The zero-order chi connectivity index (χ0) is 17.2. The highest BCUT2D eigenvalue weighted by molar-refractivity contribution is 9.10. The molecule has 8 heteroatoms. The summed E-state index contributed by atoms with van der Waals surface area (Å²) in [4.78, 5) is 0. The number of fused-ring (bicyclic) bond motifs is 1. The van der Waals surface area contributed by atoms with E-state index >= 15 is 0 Å². The van der Waals surface area contributed by atoms with Gasteiger partial charge in [-0.05, 0) is 45.8 Å². The minimum absolute atomic E-state index is 0.496. The smallest absolute Gasteiger partial charge is 0.277 e. The first-order valence-corrected chi connectivity index (χ1v) is 10.1. The van der Waals surface area contributed by atoms with Crippen molar-refractivity contribution in [1.82, 2.24) is 10.2 Å². The molecule has 2 aromatic carbocycles. The maximum Gasteiger partial charge on any atom is 0.277 e. The van der Waals surface area contributed by atoms with E-state index in [1.54, 1.807) is 0 Å². The van der Waals surface area contributed by atoms with Crippen molar-refractivity contribution >= 4 is 43.6 Å². The average Bonchev–Trinajstić information content (AvgIpc) is 3.09. The van der Waals surface area contributed by atoms with Crippen LogP contribution in [0.15, 0.2) is 55.0 Å². The normalized spacial score (nSPS) is 13.0. The second-order valence-corrected chi connectivity index (χ2v) is 7.86. The Balaban J connectivity index is 1.50. The Morgan fingerprint density at radius 3 is 2.52 bits per heavy atom. The number of rotatable bonds is 4. The molecule has 1 aliphatic rings. The molecule has 128 valence electrons. The van der Waals surface area contributed by atoms with Crippen molar-refractivity contribution in [2.24, 2.45) is 0 Å². The summed E-state index contributed by atoms with van der Waals surface area (Å²) < 4.78 is 18.9. The van der Waals surface area contributed by atoms with Crippen LogP contribution in [0.2, 0.25) is 0 Å². The Labute approximate surface area is 165 Å². The molecular formula is C17H12Br2N2O3S. The zero-order valence-corrected chi connectivity index (χ0v) is 16.9. The standard InChI is InChI=1S/C17H12Br2N2O3S/c18-12-4-2-1-3-11(12)16-20-21-17(24-16)25-9-10-7-14-15(8-13(10)19)23-6-5-22-14/h1-4,7-8H,5-6,9H2. The highest BCUT2D eigenvalue weighted by Gasteiger charge is 2.16. The fourth-order valence-corrected chi connectivity index (χ4v) is 4.22. The summed E-state index contributed by atoms with van der Waals surface area (Å²) in [6.07, 6.45) is 0. The van der Waals surface area contributed by atoms with E-state index in [2.05, 4.69) is 42.1 Å². The van der Waals surface area contributed by atoms with Gasteiger partial charge in [-0.15, -0.1) is 10.2 Å². The molecular weight excluding hydrogens is 472 g/mol. The fraction of sp³-hybridized carbons (Fsp3) is 0.176. The molecule has 3 aromatic rings. The average molecular weight is 484 g/mol. The van der Waals surface area contributed by atoms with E-state index < -0.39 is 0 Å². The summed E-state index contributed by atoms with van der Waals surface area (Å²) in [5, 5.41) is 8.77. The highest BCUT2D eigenvalue weighted by Crippen LogP contribution is 2.38. The van der Waals surface area contributed by atoms with Gasteiger partial charge in [0.2, 0.25) is 5.89 Å². The van der Waals surface area contributed by atoms with Crippen LogP contribution in [0.4, 0.5) is 0 Å². The van der Waals surface area contributed by atoms with Gasteiger partial charge in [0.25, 0.3) is 5.22 Å². The van der Waals surface area contributed by atoms with Crippen molar-refractivity contribution < 1.29 is 13.9 Å². The summed E-state index contributed by atoms with van der Waals surface area (Å²) in [6, 6.07) is 11.7. The number of nitrogens with zero attached hydrogens (tertiary/aromatic N) is 2. The Kier molecular flexibility index (Phi) is 5.00. The van der Waals surface area contributed by atoms with Crippen LogP contribution in [0.1, 0.15) is 5.56 Å². The SMILES string of the molecule is Brc1cc2c(cc1CSc1nnc(-c3ccccc3Br)o1)OCCO2. The molecule has 0 atom stereocenters. The molecule has 1 aliphatic heterocycles. The Morgan fingerprint density at radius 2 is 1.72 bits per heavy atom. The first kappa shape index (κ1) is 16.9. The lowest BCUT2D eigenvalue weighted by molar-refractivity contribution is 0.171. The molecule has 0 fully saturated rings. The summed E-state index contributed by atoms with van der Waals surface area (Å²) in [7, 11) is 0. The van der Waals surface area contributed by atoms with E-state index in [0.29, 0.717) is 30.1 Å². The van der Waals surface area contributed by atoms with Crippen molar-refractivity contribution in [3.05, 3.63) is 50.9 Å². The minimum atomic E-state index is 0.496. The summed E-state index contributed by atoms with van der Waals surface area (Å²) in [5.74, 6) is 2.70. The molecule has 1 aromatic heterocycles. The van der Waals surface area contributed by atoms with Gasteiger partial charge in [-0.1, -0.05) is 39.8 Å². The molecule has 25 heavy (non-hydrogen) atoms. The molecule has 5 nitrogen and oxygen atoms in total. The van der Waals surface area contributed by atoms with Crippen molar-refractivity contribution in [2.45, 2.75) is 11.0 Å². The molecule has 0 aliphatic carbocycles. The van der Waals surface area contributed by atoms with Gasteiger partial charge in [0.05, 0.1) is 5.56 Å². The van der Waals surface area contributed by atoms with Gasteiger partial charge >= 0.3 is 0 Å². The number of thioether (sulfide) groups is 1. The lowest BCUT2D eigenvalue weighted by Crippen LogP contribution is -2.15. The molecule has 0 spiro atoms. The molecule has 0 saturated heterocycles. The third-order valence-electron chi connectivity index (χ3n) is 3.57. The predicted octanol–water partition coefficient (Wildman–Crippen LogP) is 5.33. The van der Waals surface area contributed by atoms with Crippen molar-refractivity contribution in [1.29, 1.82) is 0 Å². The van der Waals surface area contributed by atoms with Crippen LogP contribution in [0.5, 0.6) is 11.5 Å². The number of ether oxygens (including phenoxy) is 2. The predicted molar refractivity (Wildman–Crippen MR) is 102 cm³/mol. The van der Waals surface area contributed by atoms with E-state index in [1.807, 2.05) is 36.4 Å². The first-order valence-electron chi connectivity index (χ1n) is 7.50. The van der Waals surface area contributed by atoms with Crippen LogP contribution < -0.4 is 9.47 Å². The van der Waals surface area contributed by atoms with Crippen LogP contribution in [-0.2, 0) is 5.75 Å². The van der Waals surface area contributed by atoms with E-state index in [4.69, 9.17) is 13.9 Å². The van der Waals surface area contributed by atoms with Gasteiger partial charge in [-0.2, -0.15) is 0 Å². The summed E-state index contributed by atoms with van der Waals surface area (Å²) >= 11 is 8.55. The topological polar surface area (TPSA) is 57.4 Å². The van der Waals surface area contributed by atoms with Gasteiger partial charge in [0.1, 0.15) is 13.2 Å². The maximum absolute atomic E-state index is 5.76. The second kappa shape index (κ2) is 7.39. The lowest BCUT2D eigenvalue weighted by atomic mass is 10.2. The molecule has 0 radical (unpaired) electrons. The quantitative estimate of drug-likeness (QED) is 0.468. The Hall–Kier alpha value is -1.51. The molecule has 0 N–H and O–H groups in total. The molecule has 0 saturated carbocycles. The number of aromatic nitrogens is 2. The van der Waals surface area contributed by atoms with E-state index in [-0.39, 0.29) is 0 Å². The number of halogens is 2. The lowest BCUT2D eigenvalue weighted by Gasteiger charge is -2.19. The second-order valence-electron chi connectivity index (χ2n) is 5.23. The molecule has 4 rings (SSSR count). The number of hydrogen-bond donors (Lipinski definition) is 0. The van der Waals surface area contributed by atoms with Gasteiger partial charge < -0.3 is 13.9 Å². The third-order valence-corrected chi connectivity index (χ3v) is 5.87. The highest BCUT2D eigenvalue weighted by atomic mass is 79.9.